The smallest absolute Gasteiger partial charge is 0.235 e. The largest absolute Gasteiger partial charge is 0.355 e. The third-order valence-corrected chi connectivity index (χ3v) is 4.59. The van der Waals surface area contributed by atoms with Crippen LogP contribution in [-0.4, -0.2) is 21.9 Å². The van der Waals surface area contributed by atoms with Gasteiger partial charge >= 0.3 is 0 Å². The zero-order chi connectivity index (χ0) is 14.4. The summed E-state index contributed by atoms with van der Waals surface area (Å²) in [5, 5.41) is 2.21. The van der Waals surface area contributed by atoms with Gasteiger partial charge in [0.2, 0.25) is 5.91 Å². The van der Waals surface area contributed by atoms with Crippen molar-refractivity contribution in [3.05, 3.63) is 34.6 Å². The summed E-state index contributed by atoms with van der Waals surface area (Å²) in [4.78, 5) is 11.7. The fourth-order valence-electron chi connectivity index (χ4n) is 1.45. The van der Waals surface area contributed by atoms with Crippen molar-refractivity contribution in [3.8, 4) is 0 Å². The van der Waals surface area contributed by atoms with E-state index in [0.717, 1.165) is 6.42 Å². The highest BCUT2D eigenvalue weighted by atomic mass is 35.5. The summed E-state index contributed by atoms with van der Waals surface area (Å²) in [7, 11) is -1.51. The highest BCUT2D eigenvalue weighted by Crippen LogP contribution is 2.21. The average molecular weight is 306 g/mol. The maximum absolute atomic E-state index is 13.6. The molecule has 0 aliphatic carbocycles. The molecule has 2 atom stereocenters. The van der Waals surface area contributed by atoms with Crippen molar-refractivity contribution in [2.75, 3.05) is 6.54 Å². The number of carbonyl (C=O) groups excluding carboxylic acids is 1. The van der Waals surface area contributed by atoms with Gasteiger partial charge in [-0.2, -0.15) is 0 Å². The van der Waals surface area contributed by atoms with Crippen molar-refractivity contribution >= 4 is 28.3 Å². The van der Waals surface area contributed by atoms with E-state index >= 15 is 0 Å². The Balaban J connectivity index is 2.71. The molecular weight excluding hydrogens is 289 g/mol. The van der Waals surface area contributed by atoms with Crippen LogP contribution in [-0.2, 0) is 21.3 Å². The van der Waals surface area contributed by atoms with Crippen LogP contribution in [0.15, 0.2) is 18.2 Å². The van der Waals surface area contributed by atoms with Crippen LogP contribution in [0, 0.1) is 5.82 Å². The Hall–Kier alpha value is -0.940. The third kappa shape index (κ3) is 4.58. The lowest BCUT2D eigenvalue weighted by Gasteiger charge is -2.12. The molecule has 19 heavy (non-hydrogen) atoms. The number of amides is 1. The summed E-state index contributed by atoms with van der Waals surface area (Å²) in [5.74, 6) is -0.846. The molecule has 1 rings (SSSR count). The maximum atomic E-state index is 13.6. The Morgan fingerprint density at radius 1 is 1.53 bits per heavy atom. The Bertz CT molecular complexity index is 461. The second-order valence-electron chi connectivity index (χ2n) is 4.16. The molecule has 1 amide bonds. The molecule has 0 fully saturated rings. The number of benzene rings is 1. The molecule has 0 radical (unpaired) electrons. The first kappa shape index (κ1) is 16.1. The molecule has 3 nitrogen and oxygen atoms in total. The summed E-state index contributed by atoms with van der Waals surface area (Å²) in [5.41, 5.74) is 0.192. The number of nitrogens with one attached hydrogen (secondary N) is 1. The van der Waals surface area contributed by atoms with Crippen LogP contribution in [0.3, 0.4) is 0 Å². The lowest BCUT2D eigenvalue weighted by molar-refractivity contribution is -0.120. The van der Waals surface area contributed by atoms with Gasteiger partial charge in [-0.1, -0.05) is 24.6 Å². The Labute approximate surface area is 120 Å². The molecule has 0 bridgehead atoms. The van der Waals surface area contributed by atoms with E-state index < -0.39 is 21.9 Å². The molecule has 0 aliphatic rings. The first-order valence-electron chi connectivity index (χ1n) is 6.05. The van der Waals surface area contributed by atoms with Crippen LogP contribution in [0.1, 0.15) is 25.8 Å². The molecule has 0 spiro atoms. The highest BCUT2D eigenvalue weighted by Gasteiger charge is 2.21. The number of carbonyl (C=O) groups is 1. The van der Waals surface area contributed by atoms with Gasteiger partial charge in [0.25, 0.3) is 0 Å². The second-order valence-corrected chi connectivity index (χ2v) is 6.32. The summed E-state index contributed by atoms with van der Waals surface area (Å²) < 4.78 is 25.6. The normalized spacial score (nSPS) is 13.9. The zero-order valence-corrected chi connectivity index (χ0v) is 12.5. The van der Waals surface area contributed by atoms with Crippen molar-refractivity contribution in [2.45, 2.75) is 31.3 Å². The van der Waals surface area contributed by atoms with Gasteiger partial charge in [-0.25, -0.2) is 4.39 Å². The Morgan fingerprint density at radius 2 is 2.21 bits per heavy atom. The van der Waals surface area contributed by atoms with E-state index in [4.69, 9.17) is 11.6 Å². The summed E-state index contributed by atoms with van der Waals surface area (Å²) in [6.45, 7) is 4.04. The fraction of sp³-hybridized carbons (Fsp3) is 0.462. The molecule has 0 saturated carbocycles. The van der Waals surface area contributed by atoms with Gasteiger partial charge < -0.3 is 5.32 Å². The van der Waals surface area contributed by atoms with Crippen molar-refractivity contribution in [3.63, 3.8) is 0 Å². The Kier molecular flexibility index (Phi) is 6.45. The molecule has 0 aromatic heterocycles. The van der Waals surface area contributed by atoms with Crippen molar-refractivity contribution in [1.82, 2.24) is 5.32 Å². The van der Waals surface area contributed by atoms with E-state index in [1.54, 1.807) is 13.0 Å². The molecular formula is C13H17ClFNO2S. The highest BCUT2D eigenvalue weighted by molar-refractivity contribution is 7.85. The number of hydrogen-bond acceptors (Lipinski definition) is 2. The summed E-state index contributed by atoms with van der Waals surface area (Å²) in [6, 6.07) is 4.29. The van der Waals surface area contributed by atoms with Crippen LogP contribution in [0.25, 0.3) is 0 Å². The standard InChI is InChI=1S/C13H17ClFNO2S/c1-3-7-16-13(17)9(2)19(18)8-10-11(14)5-4-6-12(10)15/h4-6,9H,3,7-8H2,1-2H3,(H,16,17)/t9-,19+/m0/s1. The molecule has 1 aromatic carbocycles. The molecule has 0 aliphatic heterocycles. The van der Waals surface area contributed by atoms with Crippen molar-refractivity contribution in [1.29, 1.82) is 0 Å². The van der Waals surface area contributed by atoms with Crippen LogP contribution in [0.2, 0.25) is 5.02 Å². The van der Waals surface area contributed by atoms with E-state index in [-0.39, 0.29) is 22.2 Å². The van der Waals surface area contributed by atoms with E-state index in [2.05, 4.69) is 5.32 Å². The van der Waals surface area contributed by atoms with E-state index in [1.807, 2.05) is 6.92 Å². The SMILES string of the molecule is CCCNC(=O)[C@H](C)[S@](=O)Cc1c(F)cccc1Cl. The van der Waals surface area contributed by atoms with Crippen molar-refractivity contribution < 1.29 is 13.4 Å². The average Bonchev–Trinajstić information content (AvgIpc) is 2.39. The van der Waals surface area contributed by atoms with Crippen LogP contribution < -0.4 is 5.32 Å². The van der Waals surface area contributed by atoms with Crippen LogP contribution in [0.5, 0.6) is 0 Å². The maximum Gasteiger partial charge on any atom is 0.235 e. The molecule has 6 heteroatoms. The van der Waals surface area contributed by atoms with E-state index in [0.29, 0.717) is 6.54 Å². The number of rotatable bonds is 6. The zero-order valence-electron chi connectivity index (χ0n) is 10.9. The minimum absolute atomic E-state index is 0.0633. The number of hydrogen-bond donors (Lipinski definition) is 1. The monoisotopic (exact) mass is 305 g/mol. The van der Waals surface area contributed by atoms with E-state index in [1.165, 1.54) is 12.1 Å². The van der Waals surface area contributed by atoms with Gasteiger partial charge in [0.15, 0.2) is 0 Å². The molecule has 0 saturated heterocycles. The second kappa shape index (κ2) is 7.60. The number of halogens is 2. The predicted molar refractivity (Wildman–Crippen MR) is 76.0 cm³/mol. The molecule has 1 aromatic rings. The minimum Gasteiger partial charge on any atom is -0.355 e. The molecule has 0 unspecified atom stereocenters. The third-order valence-electron chi connectivity index (χ3n) is 2.66. The lowest BCUT2D eigenvalue weighted by Crippen LogP contribution is -2.36. The quantitative estimate of drug-likeness (QED) is 0.878. The molecule has 0 heterocycles. The van der Waals surface area contributed by atoms with Gasteiger partial charge in [-0.15, -0.1) is 0 Å². The van der Waals surface area contributed by atoms with Crippen LogP contribution >= 0.6 is 11.6 Å². The topological polar surface area (TPSA) is 46.2 Å². The van der Waals surface area contributed by atoms with Gasteiger partial charge in [0.05, 0.1) is 5.75 Å². The van der Waals surface area contributed by atoms with Crippen LogP contribution in [0.4, 0.5) is 4.39 Å². The summed E-state index contributed by atoms with van der Waals surface area (Å²) in [6.07, 6.45) is 0.810. The molecule has 106 valence electrons. The lowest BCUT2D eigenvalue weighted by atomic mass is 10.2. The fourth-order valence-corrected chi connectivity index (χ4v) is 2.91. The first-order valence-corrected chi connectivity index (χ1v) is 7.81. The van der Waals surface area contributed by atoms with Gasteiger partial charge in [-0.3, -0.25) is 9.00 Å². The Morgan fingerprint density at radius 3 is 2.79 bits per heavy atom. The predicted octanol–water partition coefficient (Wildman–Crippen LogP) is 2.64. The first-order chi connectivity index (χ1) is 8.97. The van der Waals surface area contributed by atoms with Crippen molar-refractivity contribution in [2.24, 2.45) is 0 Å². The van der Waals surface area contributed by atoms with Gasteiger partial charge in [0.1, 0.15) is 11.1 Å². The molecule has 1 N–H and O–H groups in total. The van der Waals surface area contributed by atoms with E-state index in [9.17, 15) is 13.4 Å². The van der Waals surface area contributed by atoms with Gasteiger partial charge in [0, 0.05) is 27.9 Å². The minimum atomic E-state index is -1.51. The summed E-state index contributed by atoms with van der Waals surface area (Å²) >= 11 is 5.87. The van der Waals surface area contributed by atoms with Gasteiger partial charge in [-0.05, 0) is 25.5 Å².